The third-order valence-corrected chi connectivity index (χ3v) is 5.75. The molecule has 1 atom stereocenters. The quantitative estimate of drug-likeness (QED) is 0.405. The molecule has 25 heavy (non-hydrogen) atoms. The van der Waals surface area contributed by atoms with Crippen LogP contribution in [-0.2, 0) is 24.3 Å². The lowest BCUT2D eigenvalue weighted by atomic mass is 10.1. The van der Waals surface area contributed by atoms with Crippen LogP contribution < -0.4 is 10.0 Å². The van der Waals surface area contributed by atoms with Gasteiger partial charge in [-0.05, 0) is 83.0 Å². The third-order valence-electron chi connectivity index (χ3n) is 3.64. The van der Waals surface area contributed by atoms with Crippen LogP contribution in [0, 0.1) is 0 Å². The van der Waals surface area contributed by atoms with Gasteiger partial charge in [0.25, 0.3) is 0 Å². The first-order valence-electron chi connectivity index (χ1n) is 8.05. The molecule has 0 radical (unpaired) electrons. The molecule has 2 N–H and O–H groups in total. The van der Waals surface area contributed by atoms with Gasteiger partial charge in [-0.15, -0.1) is 0 Å². The highest BCUT2D eigenvalue weighted by Crippen LogP contribution is 2.33. The van der Waals surface area contributed by atoms with Crippen LogP contribution >= 0.6 is 34.8 Å². The number of unbranched alkanes of at least 4 members (excludes halogenated alkanes) is 1. The number of rotatable bonds is 8. The maximum atomic E-state index is 11.7. The van der Waals surface area contributed by atoms with Crippen molar-refractivity contribution in [3.8, 4) is 0 Å². The van der Waals surface area contributed by atoms with Gasteiger partial charge in [0, 0.05) is 12.2 Å². The first kappa shape index (κ1) is 20.5. The maximum Gasteiger partial charge on any atom is 0.374 e. The number of hydrogen-bond acceptors (Lipinski definition) is 3. The molecule has 0 spiro atoms. The second kappa shape index (κ2) is 9.79. The van der Waals surface area contributed by atoms with Gasteiger partial charge in [-0.1, -0.05) is 37.6 Å². The Labute approximate surface area is 167 Å². The number of anilines is 2. The van der Waals surface area contributed by atoms with Crippen LogP contribution in [0.25, 0.3) is 0 Å². The van der Waals surface area contributed by atoms with Gasteiger partial charge in [-0.3, -0.25) is 0 Å². The van der Waals surface area contributed by atoms with Gasteiger partial charge in [0.1, 0.15) is 11.4 Å². The van der Waals surface area contributed by atoms with Gasteiger partial charge >= 0.3 is 3.12 Å². The molecule has 136 valence electrons. The standard InChI is InChI=1S/C18H21Cl3N2OS/c1-2-3-4-14-5-9-16(10-6-14)22-13-15-7-11-17(12-8-15)23-25(24)18(19,20)21/h5-12,22-23H,2-4,13H2,1H3. The molecule has 0 amide bonds. The number of aryl methyl sites for hydroxylation is 1. The normalized spacial score (nSPS) is 12.7. The van der Waals surface area contributed by atoms with E-state index in [0.29, 0.717) is 12.2 Å². The first-order valence-corrected chi connectivity index (χ1v) is 10.3. The summed E-state index contributed by atoms with van der Waals surface area (Å²) in [6.45, 7) is 2.90. The van der Waals surface area contributed by atoms with Crippen molar-refractivity contribution in [2.75, 3.05) is 10.0 Å². The van der Waals surface area contributed by atoms with E-state index in [1.165, 1.54) is 18.4 Å². The van der Waals surface area contributed by atoms with Crippen molar-refractivity contribution in [3.05, 3.63) is 59.7 Å². The van der Waals surface area contributed by atoms with Crippen LogP contribution in [-0.4, -0.2) is 7.68 Å². The second-order valence-corrected chi connectivity index (χ2v) is 9.97. The number of benzene rings is 2. The van der Waals surface area contributed by atoms with Crippen LogP contribution in [0.3, 0.4) is 0 Å². The molecule has 3 nitrogen and oxygen atoms in total. The fourth-order valence-corrected chi connectivity index (χ4v) is 3.04. The molecule has 2 aromatic rings. The summed E-state index contributed by atoms with van der Waals surface area (Å²) in [6, 6.07) is 16.0. The van der Waals surface area contributed by atoms with E-state index in [2.05, 4.69) is 41.2 Å². The largest absolute Gasteiger partial charge is 0.590 e. The van der Waals surface area contributed by atoms with Crippen molar-refractivity contribution >= 4 is 57.5 Å². The number of nitrogens with one attached hydrogen (secondary N) is 2. The van der Waals surface area contributed by atoms with Crippen molar-refractivity contribution in [1.82, 2.24) is 0 Å². The molecule has 0 saturated heterocycles. The molecule has 0 saturated carbocycles. The summed E-state index contributed by atoms with van der Waals surface area (Å²) < 4.78 is 12.5. The smallest absolute Gasteiger partial charge is 0.374 e. The molecule has 0 aromatic heterocycles. The zero-order valence-electron chi connectivity index (χ0n) is 13.9. The van der Waals surface area contributed by atoms with Crippen LogP contribution in [0.1, 0.15) is 30.9 Å². The Morgan fingerprint density at radius 3 is 2.04 bits per heavy atom. The van der Waals surface area contributed by atoms with Gasteiger partial charge in [0.05, 0.1) is 5.69 Å². The Morgan fingerprint density at radius 1 is 0.920 bits per heavy atom. The van der Waals surface area contributed by atoms with E-state index in [1.807, 2.05) is 12.1 Å². The maximum absolute atomic E-state index is 11.7. The Morgan fingerprint density at radius 2 is 1.48 bits per heavy atom. The number of alkyl halides is 3. The Hall–Kier alpha value is -0.780. The molecule has 7 heteroatoms. The zero-order valence-corrected chi connectivity index (χ0v) is 17.0. The van der Waals surface area contributed by atoms with Crippen LogP contribution in [0.5, 0.6) is 0 Å². The number of hydrogen-bond donors (Lipinski definition) is 2. The lowest BCUT2D eigenvalue weighted by Gasteiger charge is -2.17. The molecule has 0 fully saturated rings. The molecule has 0 aliphatic carbocycles. The Bertz CT molecular complexity index is 645. The van der Waals surface area contributed by atoms with E-state index in [1.54, 1.807) is 12.1 Å². The molecular weight excluding hydrogens is 399 g/mol. The average molecular weight is 420 g/mol. The fourth-order valence-electron chi connectivity index (χ4n) is 2.23. The summed E-state index contributed by atoms with van der Waals surface area (Å²) in [5.74, 6) is 0. The minimum absolute atomic E-state index is 0.633. The topological polar surface area (TPSA) is 47.1 Å². The highest BCUT2D eigenvalue weighted by atomic mass is 35.6. The van der Waals surface area contributed by atoms with Gasteiger partial charge in [-0.25, -0.2) is 4.72 Å². The Kier molecular flexibility index (Phi) is 8.04. The van der Waals surface area contributed by atoms with E-state index in [9.17, 15) is 4.55 Å². The third kappa shape index (κ3) is 7.16. The van der Waals surface area contributed by atoms with Gasteiger partial charge in [0.15, 0.2) is 0 Å². The lowest BCUT2D eigenvalue weighted by Crippen LogP contribution is -2.27. The SMILES string of the molecule is CCCCc1ccc(NCc2ccc(N[S+]([O-])C(Cl)(Cl)Cl)cc2)cc1. The molecule has 2 aromatic carbocycles. The highest BCUT2D eigenvalue weighted by molar-refractivity contribution is 7.98. The molecule has 1 unspecified atom stereocenters. The molecule has 0 aliphatic heterocycles. The summed E-state index contributed by atoms with van der Waals surface area (Å²) in [5.41, 5.74) is 4.18. The summed E-state index contributed by atoms with van der Waals surface area (Å²) in [7, 11) is 0. The van der Waals surface area contributed by atoms with E-state index in [0.717, 1.165) is 17.7 Å². The summed E-state index contributed by atoms with van der Waals surface area (Å²) in [4.78, 5) is 0. The summed E-state index contributed by atoms with van der Waals surface area (Å²) >= 11 is 14.9. The van der Waals surface area contributed by atoms with Crippen molar-refractivity contribution < 1.29 is 4.55 Å². The lowest BCUT2D eigenvalue weighted by molar-refractivity contribution is 0.600. The molecule has 0 heterocycles. The molecule has 0 bridgehead atoms. The fraction of sp³-hybridized carbons (Fsp3) is 0.333. The van der Waals surface area contributed by atoms with Crippen molar-refractivity contribution in [1.29, 1.82) is 0 Å². The minimum Gasteiger partial charge on any atom is -0.590 e. The van der Waals surface area contributed by atoms with E-state index >= 15 is 0 Å². The predicted octanol–water partition coefficient (Wildman–Crippen LogP) is 6.04. The Balaban J connectivity index is 1.85. The number of halogens is 3. The van der Waals surface area contributed by atoms with Crippen LogP contribution in [0.4, 0.5) is 11.4 Å². The minimum atomic E-state index is -1.86. The van der Waals surface area contributed by atoms with Gasteiger partial charge < -0.3 is 9.87 Å². The predicted molar refractivity (Wildman–Crippen MR) is 111 cm³/mol. The highest BCUT2D eigenvalue weighted by Gasteiger charge is 2.36. The van der Waals surface area contributed by atoms with Crippen molar-refractivity contribution in [2.45, 2.75) is 35.9 Å². The summed E-state index contributed by atoms with van der Waals surface area (Å²) in [5, 5.41) is 3.39. The van der Waals surface area contributed by atoms with Gasteiger partial charge in [-0.2, -0.15) is 0 Å². The summed E-state index contributed by atoms with van der Waals surface area (Å²) in [6.07, 6.45) is 3.55. The monoisotopic (exact) mass is 418 g/mol. The van der Waals surface area contributed by atoms with Gasteiger partial charge in [0.2, 0.25) is 0 Å². The molecule has 2 rings (SSSR count). The van der Waals surface area contributed by atoms with E-state index < -0.39 is 14.5 Å². The molecular formula is C18H21Cl3N2OS. The second-order valence-electron chi connectivity index (χ2n) is 5.67. The van der Waals surface area contributed by atoms with E-state index in [-0.39, 0.29) is 0 Å². The van der Waals surface area contributed by atoms with Crippen LogP contribution in [0.15, 0.2) is 48.5 Å². The van der Waals surface area contributed by atoms with Crippen molar-refractivity contribution in [3.63, 3.8) is 0 Å². The van der Waals surface area contributed by atoms with E-state index in [4.69, 9.17) is 34.8 Å². The van der Waals surface area contributed by atoms with Crippen molar-refractivity contribution in [2.24, 2.45) is 0 Å². The molecule has 0 aliphatic rings. The average Bonchev–Trinajstić information content (AvgIpc) is 2.59. The van der Waals surface area contributed by atoms with Crippen LogP contribution in [0.2, 0.25) is 0 Å². The first-order chi connectivity index (χ1) is 11.9. The zero-order chi connectivity index (χ0) is 18.3.